The maximum Gasteiger partial charge on any atom is 0.337 e. The van der Waals surface area contributed by atoms with E-state index in [0.29, 0.717) is 22.8 Å². The van der Waals surface area contributed by atoms with Gasteiger partial charge in [0, 0.05) is 28.6 Å². The van der Waals surface area contributed by atoms with Crippen molar-refractivity contribution in [1.29, 1.82) is 0 Å². The molecule has 0 saturated heterocycles. The molecule has 0 radical (unpaired) electrons. The number of ether oxygens (including phenoxy) is 1. The van der Waals surface area contributed by atoms with Gasteiger partial charge < -0.3 is 15.2 Å². The summed E-state index contributed by atoms with van der Waals surface area (Å²) in [4.78, 5) is 11.7. The van der Waals surface area contributed by atoms with E-state index < -0.39 is 15.8 Å². The molecule has 35 heavy (non-hydrogen) atoms. The summed E-state index contributed by atoms with van der Waals surface area (Å²) < 4.78 is 29.8. The molecule has 3 rings (SSSR count). The van der Waals surface area contributed by atoms with Gasteiger partial charge in [0.1, 0.15) is 11.5 Å². The molecule has 0 spiro atoms. The Hall–Kier alpha value is -3.84. The van der Waals surface area contributed by atoms with Gasteiger partial charge in [0.05, 0.1) is 16.5 Å². The van der Waals surface area contributed by atoms with Crippen molar-refractivity contribution in [2.75, 3.05) is 11.6 Å². The van der Waals surface area contributed by atoms with E-state index in [0.717, 1.165) is 28.5 Å². The Morgan fingerprint density at radius 2 is 1.89 bits per heavy atom. The Labute approximate surface area is 206 Å². The summed E-state index contributed by atoms with van der Waals surface area (Å²) in [5, 5.41) is 12.8. The molecule has 2 aromatic carbocycles. The van der Waals surface area contributed by atoms with Crippen molar-refractivity contribution in [3.63, 3.8) is 0 Å². The van der Waals surface area contributed by atoms with Gasteiger partial charge in [-0.05, 0) is 62.3 Å². The lowest BCUT2D eigenvalue weighted by molar-refractivity contribution is 0.0698. The van der Waals surface area contributed by atoms with Crippen LogP contribution in [0.15, 0.2) is 90.1 Å². The Kier molecular flexibility index (Phi) is 7.51. The molecule has 0 fully saturated rings. The zero-order valence-corrected chi connectivity index (χ0v) is 21.1. The number of fused-ring (bicyclic) bond motifs is 1. The zero-order chi connectivity index (χ0) is 25.9. The minimum Gasteiger partial charge on any atom is -0.478 e. The quantitative estimate of drug-likeness (QED) is 0.426. The van der Waals surface area contributed by atoms with Crippen molar-refractivity contribution in [2.45, 2.75) is 26.8 Å². The van der Waals surface area contributed by atoms with Crippen molar-refractivity contribution in [2.24, 2.45) is 0 Å². The number of carboxylic acids is 1. The first kappa shape index (κ1) is 25.8. The van der Waals surface area contributed by atoms with Gasteiger partial charge >= 0.3 is 5.97 Å². The van der Waals surface area contributed by atoms with Gasteiger partial charge in [-0.15, -0.1) is 0 Å². The molecule has 0 amide bonds. The maximum absolute atomic E-state index is 11.7. The number of aryl methyl sites for hydroxylation is 1. The summed E-state index contributed by atoms with van der Waals surface area (Å²) >= 11 is 0. The third-order valence-corrected chi connectivity index (χ3v) is 6.73. The van der Waals surface area contributed by atoms with Crippen LogP contribution in [0.2, 0.25) is 0 Å². The van der Waals surface area contributed by atoms with Crippen LogP contribution in [0.3, 0.4) is 0 Å². The number of para-hydroxylation sites is 1. The highest BCUT2D eigenvalue weighted by atomic mass is 32.2. The molecule has 1 aliphatic rings. The molecule has 2 N–H and O–H groups in total. The summed E-state index contributed by atoms with van der Waals surface area (Å²) in [5.41, 5.74) is 4.79. The molecular weight excluding hydrogens is 462 g/mol. The van der Waals surface area contributed by atoms with Crippen LogP contribution in [0, 0.1) is 6.92 Å². The molecule has 1 unspecified atom stereocenters. The van der Waals surface area contributed by atoms with Crippen LogP contribution in [0.5, 0.6) is 5.75 Å². The molecule has 0 aromatic heterocycles. The molecule has 0 aliphatic carbocycles. The number of rotatable bonds is 8. The zero-order valence-electron chi connectivity index (χ0n) is 20.3. The molecule has 0 bridgehead atoms. The topological polar surface area (TPSA) is 92.7 Å². The first-order chi connectivity index (χ1) is 16.4. The number of sulfone groups is 1. The summed E-state index contributed by atoms with van der Waals surface area (Å²) in [6.07, 6.45) is 7.82. The summed E-state index contributed by atoms with van der Waals surface area (Å²) in [6, 6.07) is 10.4. The van der Waals surface area contributed by atoms with Gasteiger partial charge in [-0.25, -0.2) is 13.2 Å². The minimum atomic E-state index is -3.40. The molecule has 1 heterocycles. The van der Waals surface area contributed by atoms with Crippen LogP contribution in [0.4, 0.5) is 5.69 Å². The van der Waals surface area contributed by atoms with Crippen LogP contribution in [0.25, 0.3) is 5.57 Å². The second kappa shape index (κ2) is 10.2. The van der Waals surface area contributed by atoms with Gasteiger partial charge in [-0.1, -0.05) is 43.5 Å². The summed E-state index contributed by atoms with van der Waals surface area (Å²) in [7, 11) is -3.40. The van der Waals surface area contributed by atoms with Crippen molar-refractivity contribution >= 4 is 27.1 Å². The lowest BCUT2D eigenvalue weighted by atomic mass is 9.93. The molecular formula is C28H29NO5S. The SMILES string of the molecule is C=C1C=C(C(/C=C\C(=C)S(C)(=O)=O)=C/C)Oc2c1cc(C)cc2C(C)Nc1ccccc1C(=O)O. The maximum atomic E-state index is 11.7. The van der Waals surface area contributed by atoms with E-state index in [1.54, 1.807) is 30.3 Å². The summed E-state index contributed by atoms with van der Waals surface area (Å²) in [6.45, 7) is 13.5. The normalized spacial score (nSPS) is 14.7. The first-order valence-electron chi connectivity index (χ1n) is 11.0. The van der Waals surface area contributed by atoms with Crippen molar-refractivity contribution in [3.05, 3.63) is 112 Å². The Bertz CT molecular complexity index is 1410. The van der Waals surface area contributed by atoms with Crippen LogP contribution in [-0.4, -0.2) is 25.7 Å². The van der Waals surface area contributed by atoms with E-state index in [1.807, 2.05) is 45.1 Å². The van der Waals surface area contributed by atoms with Gasteiger partial charge in [-0.3, -0.25) is 0 Å². The van der Waals surface area contributed by atoms with Gasteiger partial charge in [-0.2, -0.15) is 0 Å². The number of benzene rings is 2. The van der Waals surface area contributed by atoms with E-state index in [-0.39, 0.29) is 16.5 Å². The Balaban J connectivity index is 1.99. The average Bonchev–Trinajstić information content (AvgIpc) is 2.79. The molecule has 1 aliphatic heterocycles. The largest absolute Gasteiger partial charge is 0.478 e. The molecule has 182 valence electrons. The third kappa shape index (κ3) is 5.81. The van der Waals surface area contributed by atoms with Gasteiger partial charge in [0.2, 0.25) is 0 Å². The number of anilines is 1. The van der Waals surface area contributed by atoms with Crippen LogP contribution in [-0.2, 0) is 9.84 Å². The molecule has 7 heteroatoms. The lowest BCUT2D eigenvalue weighted by Gasteiger charge is -2.27. The number of carboxylic acid groups (broad SMARTS) is 1. The third-order valence-electron chi connectivity index (χ3n) is 5.64. The Morgan fingerprint density at radius 3 is 2.51 bits per heavy atom. The molecule has 0 saturated carbocycles. The second-order valence-electron chi connectivity index (χ2n) is 8.40. The van der Waals surface area contributed by atoms with E-state index in [2.05, 4.69) is 18.5 Å². The number of carbonyl (C=O) groups is 1. The second-order valence-corrected chi connectivity index (χ2v) is 10.5. The molecule has 1 atom stereocenters. The predicted molar refractivity (Wildman–Crippen MR) is 141 cm³/mol. The van der Waals surface area contributed by atoms with Crippen LogP contribution in [0.1, 0.15) is 46.9 Å². The number of allylic oxidation sites excluding steroid dienone is 5. The number of aromatic carboxylic acids is 1. The van der Waals surface area contributed by atoms with Crippen molar-refractivity contribution in [3.8, 4) is 5.75 Å². The standard InChI is InChI=1S/C28H29NO5S/c1-7-21(13-12-19(4)35(6,32)33)26-16-18(3)23-14-17(2)15-24(27(23)34-26)20(5)29-25-11-9-8-10-22(25)28(30)31/h7-16,20,29H,3-4H2,1-2,5-6H3,(H,30,31)/b13-12-,21-7+. The first-order valence-corrected chi connectivity index (χ1v) is 12.9. The van der Waals surface area contributed by atoms with Gasteiger partial charge in [0.25, 0.3) is 0 Å². The molecule has 6 nitrogen and oxygen atoms in total. The lowest BCUT2D eigenvalue weighted by Crippen LogP contribution is -2.15. The number of nitrogens with one attached hydrogen (secondary N) is 1. The van der Waals surface area contributed by atoms with Gasteiger partial charge in [0.15, 0.2) is 9.84 Å². The van der Waals surface area contributed by atoms with Crippen molar-refractivity contribution < 1.29 is 23.1 Å². The highest BCUT2D eigenvalue weighted by molar-refractivity contribution is 7.94. The minimum absolute atomic E-state index is 0.00119. The monoisotopic (exact) mass is 491 g/mol. The van der Waals surface area contributed by atoms with E-state index in [1.165, 1.54) is 6.08 Å². The Morgan fingerprint density at radius 1 is 1.20 bits per heavy atom. The van der Waals surface area contributed by atoms with E-state index in [9.17, 15) is 18.3 Å². The van der Waals surface area contributed by atoms with Crippen LogP contribution >= 0.6 is 0 Å². The number of hydrogen-bond acceptors (Lipinski definition) is 5. The fraction of sp³-hybridized carbons (Fsp3) is 0.179. The highest BCUT2D eigenvalue weighted by Gasteiger charge is 2.24. The van der Waals surface area contributed by atoms with Crippen LogP contribution < -0.4 is 10.1 Å². The average molecular weight is 492 g/mol. The highest BCUT2D eigenvalue weighted by Crippen LogP contribution is 2.41. The smallest absolute Gasteiger partial charge is 0.337 e. The predicted octanol–water partition coefficient (Wildman–Crippen LogP) is 6.22. The summed E-state index contributed by atoms with van der Waals surface area (Å²) in [5.74, 6) is 0.119. The van der Waals surface area contributed by atoms with E-state index >= 15 is 0 Å². The fourth-order valence-electron chi connectivity index (χ4n) is 3.73. The van der Waals surface area contributed by atoms with Crippen molar-refractivity contribution in [1.82, 2.24) is 0 Å². The fourth-order valence-corrected chi connectivity index (χ4v) is 4.04. The van der Waals surface area contributed by atoms with E-state index in [4.69, 9.17) is 4.74 Å². The molecule has 2 aromatic rings. The number of hydrogen-bond donors (Lipinski definition) is 2.